The molecule has 2 N–H and O–H groups in total. The normalized spacial score (nSPS) is 13.7. The Hall–Kier alpha value is -1.79. The summed E-state index contributed by atoms with van der Waals surface area (Å²) in [6, 6.07) is 3.68. The highest BCUT2D eigenvalue weighted by atomic mass is 19.1. The fourth-order valence-electron chi connectivity index (χ4n) is 1.65. The van der Waals surface area contributed by atoms with E-state index in [2.05, 4.69) is 4.74 Å². The highest BCUT2D eigenvalue weighted by Gasteiger charge is 2.25. The maximum absolute atomic E-state index is 13.3. The summed E-state index contributed by atoms with van der Waals surface area (Å²) in [7, 11) is 0. The van der Waals surface area contributed by atoms with Gasteiger partial charge in [-0.1, -0.05) is 12.1 Å². The van der Waals surface area contributed by atoms with Gasteiger partial charge in [-0.05, 0) is 18.6 Å². The van der Waals surface area contributed by atoms with Crippen LogP contribution in [0, 0.1) is 5.82 Å². The van der Waals surface area contributed by atoms with Crippen LogP contribution in [0.25, 0.3) is 0 Å². The van der Waals surface area contributed by atoms with Crippen LogP contribution >= 0.6 is 0 Å². The van der Waals surface area contributed by atoms with Gasteiger partial charge < -0.3 is 14.9 Å². The van der Waals surface area contributed by atoms with Crippen LogP contribution in [0.2, 0.25) is 0 Å². The van der Waals surface area contributed by atoms with Crippen molar-refractivity contribution < 1.29 is 28.9 Å². The zero-order chi connectivity index (χ0) is 14.4. The van der Waals surface area contributed by atoms with E-state index in [9.17, 15) is 24.2 Å². The van der Waals surface area contributed by atoms with E-state index in [-0.39, 0.29) is 24.0 Å². The number of aliphatic hydroxyl groups is 2. The molecule has 0 aromatic heterocycles. The molecule has 1 rings (SSSR count). The third-order valence-corrected chi connectivity index (χ3v) is 2.57. The molecule has 0 aliphatic carbocycles. The van der Waals surface area contributed by atoms with Crippen molar-refractivity contribution in [3.8, 4) is 0 Å². The van der Waals surface area contributed by atoms with Crippen molar-refractivity contribution in [2.24, 2.45) is 0 Å². The summed E-state index contributed by atoms with van der Waals surface area (Å²) in [4.78, 5) is 21.9. The number of halogens is 1. The van der Waals surface area contributed by atoms with Crippen LogP contribution in [0.1, 0.15) is 35.4 Å². The molecule has 0 aliphatic rings. The number of rotatable bonds is 6. The molecule has 2 unspecified atom stereocenters. The number of carbonyl (C=O) groups is 2. The van der Waals surface area contributed by atoms with Gasteiger partial charge in [0.2, 0.25) is 0 Å². The Kier molecular flexibility index (Phi) is 5.59. The van der Waals surface area contributed by atoms with Gasteiger partial charge in [-0.3, -0.25) is 9.59 Å². The summed E-state index contributed by atoms with van der Waals surface area (Å²) < 4.78 is 18.0. The number of aldehydes is 1. The summed E-state index contributed by atoms with van der Waals surface area (Å²) in [5, 5.41) is 19.5. The van der Waals surface area contributed by atoms with Gasteiger partial charge in [0.25, 0.3) is 0 Å². The second-order valence-corrected chi connectivity index (χ2v) is 3.88. The maximum atomic E-state index is 13.3. The minimum atomic E-state index is -1.54. The first kappa shape index (κ1) is 15.3. The second kappa shape index (κ2) is 6.96. The SMILES string of the molecule is CCOC(=O)CC(O)C(O)c1cccc(F)c1C=O. The van der Waals surface area contributed by atoms with Gasteiger partial charge in [0.15, 0.2) is 6.29 Å². The van der Waals surface area contributed by atoms with Crippen LogP contribution in [0.4, 0.5) is 4.39 Å². The number of ether oxygens (including phenoxy) is 1. The first-order valence-electron chi connectivity index (χ1n) is 5.76. The largest absolute Gasteiger partial charge is 0.466 e. The molecule has 0 heterocycles. The molecule has 0 bridgehead atoms. The quantitative estimate of drug-likeness (QED) is 0.595. The maximum Gasteiger partial charge on any atom is 0.308 e. The number of hydrogen-bond acceptors (Lipinski definition) is 5. The zero-order valence-corrected chi connectivity index (χ0v) is 10.4. The standard InChI is InChI=1S/C13H15FO5/c1-2-19-12(17)6-11(16)13(18)8-4-3-5-10(14)9(8)7-15/h3-5,7,11,13,16,18H,2,6H2,1H3. The molecular weight excluding hydrogens is 255 g/mol. The molecule has 2 atom stereocenters. The van der Waals surface area contributed by atoms with E-state index in [1.807, 2.05) is 0 Å². The average Bonchev–Trinajstić information content (AvgIpc) is 2.37. The Bertz CT molecular complexity index is 460. The lowest BCUT2D eigenvalue weighted by molar-refractivity contribution is -0.147. The van der Waals surface area contributed by atoms with Gasteiger partial charge in [-0.2, -0.15) is 0 Å². The van der Waals surface area contributed by atoms with Crippen LogP contribution in [0.3, 0.4) is 0 Å². The Morgan fingerprint density at radius 2 is 2.16 bits per heavy atom. The smallest absolute Gasteiger partial charge is 0.308 e. The molecular formula is C13H15FO5. The first-order valence-corrected chi connectivity index (χ1v) is 5.76. The lowest BCUT2D eigenvalue weighted by atomic mass is 9.97. The molecule has 5 nitrogen and oxygen atoms in total. The fraction of sp³-hybridized carbons (Fsp3) is 0.385. The van der Waals surface area contributed by atoms with Gasteiger partial charge in [0.05, 0.1) is 24.7 Å². The topological polar surface area (TPSA) is 83.8 Å². The molecule has 0 fully saturated rings. The van der Waals surface area contributed by atoms with Crippen molar-refractivity contribution >= 4 is 12.3 Å². The zero-order valence-electron chi connectivity index (χ0n) is 10.4. The van der Waals surface area contributed by atoms with E-state index in [1.54, 1.807) is 6.92 Å². The number of hydrogen-bond donors (Lipinski definition) is 2. The molecule has 1 aromatic carbocycles. The Labute approximate surface area is 109 Å². The Morgan fingerprint density at radius 1 is 1.47 bits per heavy atom. The van der Waals surface area contributed by atoms with E-state index in [1.165, 1.54) is 12.1 Å². The average molecular weight is 270 g/mol. The van der Waals surface area contributed by atoms with E-state index < -0.39 is 30.4 Å². The highest BCUT2D eigenvalue weighted by molar-refractivity contribution is 5.78. The van der Waals surface area contributed by atoms with Crippen molar-refractivity contribution in [3.05, 3.63) is 35.1 Å². The van der Waals surface area contributed by atoms with E-state index in [4.69, 9.17) is 0 Å². The van der Waals surface area contributed by atoms with Gasteiger partial charge in [-0.15, -0.1) is 0 Å². The van der Waals surface area contributed by atoms with Gasteiger partial charge in [0.1, 0.15) is 11.9 Å². The van der Waals surface area contributed by atoms with Crippen LogP contribution in [0.15, 0.2) is 18.2 Å². The van der Waals surface area contributed by atoms with Crippen molar-refractivity contribution in [2.75, 3.05) is 6.61 Å². The lowest BCUT2D eigenvalue weighted by Gasteiger charge is -2.18. The Balaban J connectivity index is 2.88. The number of benzene rings is 1. The molecule has 1 aromatic rings. The molecule has 0 radical (unpaired) electrons. The fourth-order valence-corrected chi connectivity index (χ4v) is 1.65. The first-order chi connectivity index (χ1) is 9.01. The van der Waals surface area contributed by atoms with Crippen LogP contribution in [-0.2, 0) is 9.53 Å². The van der Waals surface area contributed by atoms with Crippen LogP contribution in [-0.4, -0.2) is 35.2 Å². The third-order valence-electron chi connectivity index (χ3n) is 2.57. The number of carbonyl (C=O) groups excluding carboxylic acids is 2. The summed E-state index contributed by atoms with van der Waals surface area (Å²) in [5.41, 5.74) is -0.398. The molecule has 0 spiro atoms. The van der Waals surface area contributed by atoms with Crippen LogP contribution in [0.5, 0.6) is 0 Å². The molecule has 0 saturated carbocycles. The monoisotopic (exact) mass is 270 g/mol. The van der Waals surface area contributed by atoms with Crippen molar-refractivity contribution in [2.45, 2.75) is 25.6 Å². The lowest BCUT2D eigenvalue weighted by Crippen LogP contribution is -2.24. The third kappa shape index (κ3) is 3.84. The molecule has 104 valence electrons. The summed E-state index contributed by atoms with van der Waals surface area (Å²) in [6.45, 7) is 1.76. The summed E-state index contributed by atoms with van der Waals surface area (Å²) >= 11 is 0. The second-order valence-electron chi connectivity index (χ2n) is 3.88. The highest BCUT2D eigenvalue weighted by Crippen LogP contribution is 2.23. The van der Waals surface area contributed by atoms with Gasteiger partial charge in [0, 0.05) is 0 Å². The number of aliphatic hydroxyl groups excluding tert-OH is 2. The molecule has 0 aliphatic heterocycles. The van der Waals surface area contributed by atoms with E-state index in [0.717, 1.165) is 6.07 Å². The predicted octanol–water partition coefficient (Wildman–Crippen LogP) is 0.986. The minimum Gasteiger partial charge on any atom is -0.466 e. The van der Waals surface area contributed by atoms with Crippen molar-refractivity contribution in [1.82, 2.24) is 0 Å². The van der Waals surface area contributed by atoms with E-state index >= 15 is 0 Å². The van der Waals surface area contributed by atoms with Crippen molar-refractivity contribution in [1.29, 1.82) is 0 Å². The minimum absolute atomic E-state index is 0.0631. The molecule has 0 amide bonds. The van der Waals surface area contributed by atoms with Gasteiger partial charge >= 0.3 is 5.97 Å². The van der Waals surface area contributed by atoms with Crippen LogP contribution < -0.4 is 0 Å². The van der Waals surface area contributed by atoms with Crippen molar-refractivity contribution in [3.63, 3.8) is 0 Å². The molecule has 0 saturated heterocycles. The van der Waals surface area contributed by atoms with E-state index in [0.29, 0.717) is 0 Å². The summed E-state index contributed by atoms with van der Waals surface area (Å²) in [6.07, 6.45) is -3.20. The summed E-state index contributed by atoms with van der Waals surface area (Å²) in [5.74, 6) is -1.48. The predicted molar refractivity (Wildman–Crippen MR) is 64.0 cm³/mol. The Morgan fingerprint density at radius 3 is 2.74 bits per heavy atom. The van der Waals surface area contributed by atoms with Gasteiger partial charge in [-0.25, -0.2) is 4.39 Å². The molecule has 6 heteroatoms. The molecule has 19 heavy (non-hydrogen) atoms. The number of esters is 1.